The number of rotatable bonds is 1. The molecule has 1 nitrogen and oxygen atoms in total. The summed E-state index contributed by atoms with van der Waals surface area (Å²) in [5.41, 5.74) is 3.88. The van der Waals surface area contributed by atoms with Crippen molar-refractivity contribution in [2.75, 3.05) is 0 Å². The Balaban J connectivity index is 3.16. The van der Waals surface area contributed by atoms with Crippen LogP contribution in [0, 0.1) is 6.92 Å². The Kier molecular flexibility index (Phi) is 2.74. The summed E-state index contributed by atoms with van der Waals surface area (Å²) in [6.07, 6.45) is 1.09. The SMILES string of the molecule is CCc1cc(C)nc(C(C)(C)C)c1. The van der Waals surface area contributed by atoms with Crippen molar-refractivity contribution in [3.8, 4) is 0 Å². The molecule has 0 saturated heterocycles. The van der Waals surface area contributed by atoms with Crippen molar-refractivity contribution >= 4 is 0 Å². The molecule has 1 rings (SSSR count). The molecule has 1 heteroatoms. The predicted octanol–water partition coefficient (Wildman–Crippen LogP) is 3.25. The Morgan fingerprint density at radius 2 is 1.85 bits per heavy atom. The summed E-state index contributed by atoms with van der Waals surface area (Å²) in [7, 11) is 0. The van der Waals surface area contributed by atoms with Crippen LogP contribution in [0.4, 0.5) is 0 Å². The lowest BCUT2D eigenvalue weighted by molar-refractivity contribution is 0.566. The van der Waals surface area contributed by atoms with Crippen LogP contribution in [-0.4, -0.2) is 4.98 Å². The molecule has 1 aromatic rings. The Labute approximate surface area is 81.2 Å². The van der Waals surface area contributed by atoms with Crippen molar-refractivity contribution in [2.24, 2.45) is 0 Å². The van der Waals surface area contributed by atoms with E-state index < -0.39 is 0 Å². The van der Waals surface area contributed by atoms with Gasteiger partial charge in [0, 0.05) is 16.8 Å². The molecular weight excluding hydrogens is 158 g/mol. The van der Waals surface area contributed by atoms with Gasteiger partial charge in [-0.15, -0.1) is 0 Å². The monoisotopic (exact) mass is 177 g/mol. The van der Waals surface area contributed by atoms with E-state index in [9.17, 15) is 0 Å². The smallest absolute Gasteiger partial charge is 0.0462 e. The van der Waals surface area contributed by atoms with Gasteiger partial charge in [-0.05, 0) is 31.0 Å². The Morgan fingerprint density at radius 1 is 1.23 bits per heavy atom. The normalized spacial score (nSPS) is 11.8. The van der Waals surface area contributed by atoms with Crippen molar-refractivity contribution in [1.82, 2.24) is 4.98 Å². The molecule has 0 atom stereocenters. The summed E-state index contributed by atoms with van der Waals surface area (Å²) < 4.78 is 0. The first-order chi connectivity index (χ1) is 5.93. The Hall–Kier alpha value is -0.850. The lowest BCUT2D eigenvalue weighted by Crippen LogP contribution is -2.14. The standard InChI is InChI=1S/C12H19N/c1-6-10-7-9(2)13-11(8-10)12(3,4)5/h7-8H,6H2,1-5H3. The summed E-state index contributed by atoms with van der Waals surface area (Å²) >= 11 is 0. The van der Waals surface area contributed by atoms with Gasteiger partial charge in [0.1, 0.15) is 0 Å². The largest absolute Gasteiger partial charge is 0.258 e. The van der Waals surface area contributed by atoms with Crippen molar-refractivity contribution in [3.05, 3.63) is 29.1 Å². The number of pyridine rings is 1. The Morgan fingerprint density at radius 3 is 2.31 bits per heavy atom. The molecule has 0 bridgehead atoms. The molecule has 0 fully saturated rings. The van der Waals surface area contributed by atoms with Gasteiger partial charge in [0.25, 0.3) is 0 Å². The van der Waals surface area contributed by atoms with Crippen LogP contribution in [-0.2, 0) is 11.8 Å². The fourth-order valence-corrected chi connectivity index (χ4v) is 1.33. The molecule has 0 aromatic carbocycles. The molecule has 0 amide bonds. The molecular formula is C12H19N. The maximum Gasteiger partial charge on any atom is 0.0462 e. The first kappa shape index (κ1) is 10.2. The van der Waals surface area contributed by atoms with Crippen LogP contribution in [0.5, 0.6) is 0 Å². The third-order valence-corrected chi connectivity index (χ3v) is 2.19. The van der Waals surface area contributed by atoms with Gasteiger partial charge in [0.15, 0.2) is 0 Å². The first-order valence-corrected chi connectivity index (χ1v) is 4.91. The van der Waals surface area contributed by atoms with Crippen LogP contribution in [0.2, 0.25) is 0 Å². The second-order valence-electron chi connectivity index (χ2n) is 4.61. The molecule has 1 heterocycles. The van der Waals surface area contributed by atoms with Gasteiger partial charge in [0.05, 0.1) is 0 Å². The maximum atomic E-state index is 4.55. The summed E-state index contributed by atoms with van der Waals surface area (Å²) in [6.45, 7) is 10.9. The average molecular weight is 177 g/mol. The number of aromatic nitrogens is 1. The van der Waals surface area contributed by atoms with Crippen LogP contribution >= 0.6 is 0 Å². The van der Waals surface area contributed by atoms with E-state index in [4.69, 9.17) is 0 Å². The molecule has 0 saturated carbocycles. The van der Waals surface area contributed by atoms with Crippen molar-refractivity contribution in [3.63, 3.8) is 0 Å². The number of nitrogens with zero attached hydrogens (tertiary/aromatic N) is 1. The molecule has 13 heavy (non-hydrogen) atoms. The predicted molar refractivity (Wildman–Crippen MR) is 57.1 cm³/mol. The summed E-state index contributed by atoms with van der Waals surface area (Å²) in [6, 6.07) is 4.38. The van der Waals surface area contributed by atoms with Gasteiger partial charge in [-0.2, -0.15) is 0 Å². The zero-order valence-electron chi connectivity index (χ0n) is 9.31. The van der Waals surface area contributed by atoms with E-state index in [1.54, 1.807) is 0 Å². The molecule has 0 N–H and O–H groups in total. The highest BCUT2D eigenvalue weighted by atomic mass is 14.7. The highest BCUT2D eigenvalue weighted by Gasteiger charge is 2.15. The second kappa shape index (κ2) is 3.49. The van der Waals surface area contributed by atoms with Crippen LogP contribution in [0.3, 0.4) is 0 Å². The third-order valence-electron chi connectivity index (χ3n) is 2.19. The fourth-order valence-electron chi connectivity index (χ4n) is 1.33. The molecule has 0 aliphatic heterocycles. The van der Waals surface area contributed by atoms with Crippen molar-refractivity contribution in [2.45, 2.75) is 46.5 Å². The summed E-state index contributed by atoms with van der Waals surface area (Å²) in [4.78, 5) is 4.55. The average Bonchev–Trinajstić information content (AvgIpc) is 2.01. The van der Waals surface area contributed by atoms with Gasteiger partial charge in [0.2, 0.25) is 0 Å². The number of hydrogen-bond acceptors (Lipinski definition) is 1. The lowest BCUT2D eigenvalue weighted by atomic mass is 9.90. The van der Waals surface area contributed by atoms with Gasteiger partial charge >= 0.3 is 0 Å². The lowest BCUT2D eigenvalue weighted by Gasteiger charge is -2.19. The van der Waals surface area contributed by atoms with E-state index in [1.807, 2.05) is 0 Å². The van der Waals surface area contributed by atoms with E-state index in [-0.39, 0.29) is 5.41 Å². The van der Waals surface area contributed by atoms with Crippen LogP contribution in [0.1, 0.15) is 44.6 Å². The second-order valence-corrected chi connectivity index (χ2v) is 4.61. The molecule has 0 unspecified atom stereocenters. The van der Waals surface area contributed by atoms with E-state index in [2.05, 4.69) is 51.7 Å². The highest BCUT2D eigenvalue weighted by Crippen LogP contribution is 2.21. The zero-order chi connectivity index (χ0) is 10.1. The first-order valence-electron chi connectivity index (χ1n) is 4.91. The zero-order valence-corrected chi connectivity index (χ0v) is 9.31. The molecule has 0 spiro atoms. The number of aryl methyl sites for hydroxylation is 2. The quantitative estimate of drug-likeness (QED) is 0.641. The van der Waals surface area contributed by atoms with E-state index in [1.165, 1.54) is 11.3 Å². The molecule has 0 aliphatic rings. The minimum absolute atomic E-state index is 0.163. The van der Waals surface area contributed by atoms with Gasteiger partial charge < -0.3 is 0 Å². The van der Waals surface area contributed by atoms with Crippen molar-refractivity contribution < 1.29 is 0 Å². The summed E-state index contributed by atoms with van der Waals surface area (Å²) in [5, 5.41) is 0. The van der Waals surface area contributed by atoms with Gasteiger partial charge in [-0.3, -0.25) is 4.98 Å². The fraction of sp³-hybridized carbons (Fsp3) is 0.583. The summed E-state index contributed by atoms with van der Waals surface area (Å²) in [5.74, 6) is 0. The Bertz CT molecular complexity index is 294. The molecule has 0 radical (unpaired) electrons. The minimum atomic E-state index is 0.163. The van der Waals surface area contributed by atoms with Crippen LogP contribution in [0.25, 0.3) is 0 Å². The third kappa shape index (κ3) is 2.55. The van der Waals surface area contributed by atoms with Crippen molar-refractivity contribution in [1.29, 1.82) is 0 Å². The van der Waals surface area contributed by atoms with E-state index in [0.29, 0.717) is 0 Å². The molecule has 0 aliphatic carbocycles. The highest BCUT2D eigenvalue weighted by molar-refractivity contribution is 5.24. The van der Waals surface area contributed by atoms with E-state index >= 15 is 0 Å². The van der Waals surface area contributed by atoms with Crippen LogP contribution in [0.15, 0.2) is 12.1 Å². The van der Waals surface area contributed by atoms with Crippen LogP contribution < -0.4 is 0 Å². The molecule has 72 valence electrons. The minimum Gasteiger partial charge on any atom is -0.258 e. The number of hydrogen-bond donors (Lipinski definition) is 0. The molecule has 1 aromatic heterocycles. The van der Waals surface area contributed by atoms with Gasteiger partial charge in [-0.1, -0.05) is 27.7 Å². The van der Waals surface area contributed by atoms with Gasteiger partial charge in [-0.25, -0.2) is 0 Å². The maximum absolute atomic E-state index is 4.55. The van der Waals surface area contributed by atoms with E-state index in [0.717, 1.165) is 12.1 Å². The topological polar surface area (TPSA) is 12.9 Å².